The number of sulfonamides is 1. The number of carbonyl (C=O) groups is 1. The molecule has 0 aliphatic carbocycles. The van der Waals surface area contributed by atoms with Crippen LogP contribution in [0, 0.1) is 6.92 Å². The summed E-state index contributed by atoms with van der Waals surface area (Å²) in [6, 6.07) is 11.8. The van der Waals surface area contributed by atoms with E-state index in [-0.39, 0.29) is 10.8 Å². The van der Waals surface area contributed by atoms with Crippen LogP contribution in [0.4, 0.5) is 5.69 Å². The van der Waals surface area contributed by atoms with Crippen molar-refractivity contribution in [1.29, 1.82) is 0 Å². The van der Waals surface area contributed by atoms with E-state index in [1.165, 1.54) is 23.5 Å². The molecular weight excluding hydrogens is 376 g/mol. The zero-order valence-electron chi connectivity index (χ0n) is 16.3. The average Bonchev–Trinajstić information content (AvgIpc) is 2.98. The number of rotatable bonds is 5. The molecule has 1 aliphatic rings. The molecule has 1 fully saturated rings. The molecule has 1 aliphatic heterocycles. The number of benzene rings is 2. The van der Waals surface area contributed by atoms with Gasteiger partial charge in [0.1, 0.15) is 5.75 Å². The van der Waals surface area contributed by atoms with Crippen LogP contribution in [0.15, 0.2) is 47.4 Å². The van der Waals surface area contributed by atoms with Crippen molar-refractivity contribution in [3.8, 4) is 5.75 Å². The van der Waals surface area contributed by atoms with Crippen LogP contribution in [0.2, 0.25) is 0 Å². The lowest BCUT2D eigenvalue weighted by atomic mass is 10.1. The summed E-state index contributed by atoms with van der Waals surface area (Å²) in [6.45, 7) is 2.91. The predicted octanol–water partition coefficient (Wildman–Crippen LogP) is 3.82. The lowest BCUT2D eigenvalue weighted by Gasteiger charge is -2.21. The molecular formula is C21H26N2O4S. The molecule has 1 N–H and O–H groups in total. The Morgan fingerprint density at radius 3 is 2.36 bits per heavy atom. The maximum atomic E-state index is 13.1. The van der Waals surface area contributed by atoms with Crippen molar-refractivity contribution in [2.75, 3.05) is 25.5 Å². The molecule has 0 unspecified atom stereocenters. The Bertz CT molecular complexity index is 949. The Balaban J connectivity index is 1.91. The van der Waals surface area contributed by atoms with Gasteiger partial charge in [-0.05, 0) is 49.6 Å². The molecule has 0 radical (unpaired) electrons. The number of hydrogen-bond donors (Lipinski definition) is 1. The lowest BCUT2D eigenvalue weighted by molar-refractivity contribution is 0.102. The van der Waals surface area contributed by atoms with Gasteiger partial charge in [-0.2, -0.15) is 4.31 Å². The van der Waals surface area contributed by atoms with E-state index in [2.05, 4.69) is 5.32 Å². The van der Waals surface area contributed by atoms with Crippen LogP contribution >= 0.6 is 0 Å². The van der Waals surface area contributed by atoms with Crippen molar-refractivity contribution in [2.24, 2.45) is 0 Å². The summed E-state index contributed by atoms with van der Waals surface area (Å²) >= 11 is 0. The van der Waals surface area contributed by atoms with E-state index in [0.29, 0.717) is 30.1 Å². The predicted molar refractivity (Wildman–Crippen MR) is 109 cm³/mol. The summed E-state index contributed by atoms with van der Waals surface area (Å²) in [5.74, 6) is 0.109. The van der Waals surface area contributed by atoms with Crippen LogP contribution in [0.25, 0.3) is 0 Å². The second-order valence-electron chi connectivity index (χ2n) is 6.95. The van der Waals surface area contributed by atoms with Gasteiger partial charge in [0, 0.05) is 18.7 Å². The second kappa shape index (κ2) is 8.75. The molecule has 0 aromatic heterocycles. The second-order valence-corrected chi connectivity index (χ2v) is 8.89. The van der Waals surface area contributed by atoms with Gasteiger partial charge in [0.2, 0.25) is 10.0 Å². The van der Waals surface area contributed by atoms with Crippen LogP contribution in [0.1, 0.15) is 41.6 Å². The Kier molecular flexibility index (Phi) is 6.36. The fourth-order valence-corrected chi connectivity index (χ4v) is 4.94. The molecule has 0 saturated carbocycles. The third-order valence-corrected chi connectivity index (χ3v) is 6.91. The smallest absolute Gasteiger partial charge is 0.256 e. The van der Waals surface area contributed by atoms with Crippen molar-refractivity contribution in [1.82, 2.24) is 4.31 Å². The zero-order valence-corrected chi connectivity index (χ0v) is 17.1. The van der Waals surface area contributed by atoms with Crippen molar-refractivity contribution < 1.29 is 17.9 Å². The first-order valence-electron chi connectivity index (χ1n) is 9.48. The van der Waals surface area contributed by atoms with Gasteiger partial charge in [0.15, 0.2) is 0 Å². The first-order chi connectivity index (χ1) is 13.4. The van der Waals surface area contributed by atoms with Gasteiger partial charge in [-0.15, -0.1) is 0 Å². The Hall–Kier alpha value is -2.38. The number of carbonyl (C=O) groups excluding carboxylic acids is 1. The van der Waals surface area contributed by atoms with Crippen LogP contribution in [0.5, 0.6) is 5.75 Å². The fraction of sp³-hybridized carbons (Fsp3) is 0.381. The molecule has 1 amide bonds. The molecule has 150 valence electrons. The zero-order chi connectivity index (χ0) is 20.1. The summed E-state index contributed by atoms with van der Waals surface area (Å²) < 4.78 is 33.0. The maximum absolute atomic E-state index is 13.1. The van der Waals surface area contributed by atoms with Gasteiger partial charge in [0.25, 0.3) is 5.91 Å². The molecule has 2 aromatic rings. The van der Waals surface area contributed by atoms with Crippen LogP contribution in [-0.2, 0) is 10.0 Å². The molecule has 6 nitrogen and oxygen atoms in total. The SMILES string of the molecule is COc1ccc(S(=O)(=O)N2CCCCCC2)cc1NC(=O)c1ccccc1C. The number of amides is 1. The number of methoxy groups -OCH3 is 1. The fourth-order valence-electron chi connectivity index (χ4n) is 3.39. The topological polar surface area (TPSA) is 75.7 Å². The molecule has 28 heavy (non-hydrogen) atoms. The number of hydrogen-bond acceptors (Lipinski definition) is 4. The highest BCUT2D eigenvalue weighted by Gasteiger charge is 2.26. The molecule has 1 saturated heterocycles. The summed E-state index contributed by atoms with van der Waals surface area (Å²) in [6.07, 6.45) is 3.83. The summed E-state index contributed by atoms with van der Waals surface area (Å²) in [4.78, 5) is 12.8. The summed E-state index contributed by atoms with van der Waals surface area (Å²) in [7, 11) is -2.13. The maximum Gasteiger partial charge on any atom is 0.256 e. The van der Waals surface area contributed by atoms with Crippen molar-refractivity contribution in [2.45, 2.75) is 37.5 Å². The Labute approximate surface area is 166 Å². The van der Waals surface area contributed by atoms with Crippen LogP contribution in [-0.4, -0.2) is 38.8 Å². The normalized spacial score (nSPS) is 15.6. The largest absolute Gasteiger partial charge is 0.495 e. The standard InChI is InChI=1S/C21H26N2O4S/c1-16-9-5-6-10-18(16)21(24)22-19-15-17(11-12-20(19)27-2)28(25,26)23-13-7-3-4-8-14-23/h5-6,9-12,15H,3-4,7-8,13-14H2,1-2H3,(H,22,24). The molecule has 1 heterocycles. The van der Waals surface area contributed by atoms with E-state index in [4.69, 9.17) is 4.74 Å². The van der Waals surface area contributed by atoms with Gasteiger partial charge in [0.05, 0.1) is 17.7 Å². The molecule has 0 spiro atoms. The lowest BCUT2D eigenvalue weighted by Crippen LogP contribution is -2.32. The van der Waals surface area contributed by atoms with Gasteiger partial charge in [-0.1, -0.05) is 31.0 Å². The monoisotopic (exact) mass is 402 g/mol. The van der Waals surface area contributed by atoms with Crippen LogP contribution < -0.4 is 10.1 Å². The van der Waals surface area contributed by atoms with E-state index in [1.807, 2.05) is 19.1 Å². The highest BCUT2D eigenvalue weighted by molar-refractivity contribution is 7.89. The molecule has 0 bridgehead atoms. The average molecular weight is 403 g/mol. The van der Waals surface area contributed by atoms with Crippen molar-refractivity contribution in [3.63, 3.8) is 0 Å². The van der Waals surface area contributed by atoms with E-state index < -0.39 is 10.0 Å². The Morgan fingerprint density at radius 2 is 1.71 bits per heavy atom. The quantitative estimate of drug-likeness (QED) is 0.825. The minimum absolute atomic E-state index is 0.162. The van der Waals surface area contributed by atoms with Crippen LogP contribution in [0.3, 0.4) is 0 Å². The third kappa shape index (κ3) is 4.36. The first-order valence-corrected chi connectivity index (χ1v) is 10.9. The van der Waals surface area contributed by atoms with Gasteiger partial charge >= 0.3 is 0 Å². The highest BCUT2D eigenvalue weighted by Crippen LogP contribution is 2.30. The van der Waals surface area contributed by atoms with E-state index in [0.717, 1.165) is 31.2 Å². The van der Waals surface area contributed by atoms with Crippen molar-refractivity contribution >= 4 is 21.6 Å². The minimum atomic E-state index is -3.61. The summed E-state index contributed by atoms with van der Waals surface area (Å²) in [5.41, 5.74) is 1.71. The summed E-state index contributed by atoms with van der Waals surface area (Å²) in [5, 5.41) is 2.80. The van der Waals surface area contributed by atoms with Gasteiger partial charge < -0.3 is 10.1 Å². The third-order valence-electron chi connectivity index (χ3n) is 5.01. The number of anilines is 1. The first kappa shape index (κ1) is 20.4. The number of aryl methyl sites for hydroxylation is 1. The highest BCUT2D eigenvalue weighted by atomic mass is 32.2. The molecule has 2 aromatic carbocycles. The van der Waals surface area contributed by atoms with Gasteiger partial charge in [-0.25, -0.2) is 8.42 Å². The van der Waals surface area contributed by atoms with Gasteiger partial charge in [-0.3, -0.25) is 4.79 Å². The molecule has 3 rings (SSSR count). The Morgan fingerprint density at radius 1 is 1.04 bits per heavy atom. The molecule has 7 heteroatoms. The van der Waals surface area contributed by atoms with E-state index in [1.54, 1.807) is 18.2 Å². The van der Waals surface area contributed by atoms with E-state index >= 15 is 0 Å². The number of ether oxygens (including phenoxy) is 1. The minimum Gasteiger partial charge on any atom is -0.495 e. The number of nitrogens with one attached hydrogen (secondary N) is 1. The van der Waals surface area contributed by atoms with Crippen molar-refractivity contribution in [3.05, 3.63) is 53.6 Å². The van der Waals surface area contributed by atoms with E-state index in [9.17, 15) is 13.2 Å². The number of nitrogens with zero attached hydrogens (tertiary/aromatic N) is 1. The molecule has 0 atom stereocenters.